The van der Waals surface area contributed by atoms with Crippen LogP contribution in [0.4, 0.5) is 0 Å². The smallest absolute Gasteiger partial charge is 0.258 e. The Hall–Kier alpha value is -1.61. The van der Waals surface area contributed by atoms with Gasteiger partial charge in [0.25, 0.3) is 5.56 Å². The van der Waals surface area contributed by atoms with Crippen molar-refractivity contribution in [3.05, 3.63) is 46.9 Å². The monoisotopic (exact) mass is 230 g/mol. The average molecular weight is 230 g/mol. The third kappa shape index (κ3) is 2.56. The molecule has 3 heteroatoms. The van der Waals surface area contributed by atoms with Crippen molar-refractivity contribution in [1.29, 1.82) is 0 Å². The van der Waals surface area contributed by atoms with Gasteiger partial charge in [-0.05, 0) is 37.9 Å². The molecular formula is C14H18N2O. The molecule has 1 N–H and O–H groups in total. The number of rotatable bonds is 4. The molecule has 1 unspecified atom stereocenters. The molecule has 2 aromatic rings. The standard InChI is InChI=1S/C14H18N2O/c1-11(15-2)7-9-16-10-8-12-5-3-4-6-13(12)14(16)17/h3-6,8,10-11,15H,7,9H2,1-2H3. The molecule has 1 atom stereocenters. The van der Waals surface area contributed by atoms with E-state index in [-0.39, 0.29) is 5.56 Å². The van der Waals surface area contributed by atoms with Gasteiger partial charge in [-0.3, -0.25) is 4.79 Å². The minimum absolute atomic E-state index is 0.103. The number of fused-ring (bicyclic) bond motifs is 1. The highest BCUT2D eigenvalue weighted by molar-refractivity contribution is 5.81. The zero-order chi connectivity index (χ0) is 12.3. The highest BCUT2D eigenvalue weighted by Crippen LogP contribution is 2.08. The van der Waals surface area contributed by atoms with Crippen molar-refractivity contribution in [2.45, 2.75) is 25.9 Å². The van der Waals surface area contributed by atoms with Gasteiger partial charge in [-0.1, -0.05) is 18.2 Å². The lowest BCUT2D eigenvalue weighted by Crippen LogP contribution is -2.26. The molecule has 0 saturated carbocycles. The minimum atomic E-state index is 0.103. The highest BCUT2D eigenvalue weighted by Gasteiger charge is 2.03. The molecule has 0 saturated heterocycles. The zero-order valence-corrected chi connectivity index (χ0v) is 10.3. The molecule has 0 bridgehead atoms. The summed E-state index contributed by atoms with van der Waals surface area (Å²) in [6.45, 7) is 2.87. The van der Waals surface area contributed by atoms with Crippen molar-refractivity contribution in [2.75, 3.05) is 7.05 Å². The van der Waals surface area contributed by atoms with Gasteiger partial charge < -0.3 is 9.88 Å². The maximum Gasteiger partial charge on any atom is 0.258 e. The van der Waals surface area contributed by atoms with Gasteiger partial charge in [0.15, 0.2) is 0 Å². The molecule has 3 nitrogen and oxygen atoms in total. The number of nitrogens with zero attached hydrogens (tertiary/aromatic N) is 1. The van der Waals surface area contributed by atoms with Crippen molar-refractivity contribution >= 4 is 10.8 Å². The van der Waals surface area contributed by atoms with Crippen LogP contribution in [-0.2, 0) is 6.54 Å². The van der Waals surface area contributed by atoms with Crippen LogP contribution in [0.2, 0.25) is 0 Å². The summed E-state index contributed by atoms with van der Waals surface area (Å²) in [5.41, 5.74) is 0.103. The Morgan fingerprint density at radius 1 is 1.29 bits per heavy atom. The summed E-state index contributed by atoms with van der Waals surface area (Å²) in [7, 11) is 1.94. The van der Waals surface area contributed by atoms with Gasteiger partial charge in [-0.15, -0.1) is 0 Å². The molecule has 0 aliphatic rings. The van der Waals surface area contributed by atoms with E-state index in [1.54, 1.807) is 4.57 Å². The quantitative estimate of drug-likeness (QED) is 0.871. The third-order valence-electron chi connectivity index (χ3n) is 3.18. The first-order valence-corrected chi connectivity index (χ1v) is 5.98. The second-order valence-corrected chi connectivity index (χ2v) is 4.38. The minimum Gasteiger partial charge on any atom is -0.317 e. The summed E-state index contributed by atoms with van der Waals surface area (Å²) < 4.78 is 1.79. The molecule has 90 valence electrons. The first kappa shape index (κ1) is 11.9. The van der Waals surface area contributed by atoms with E-state index >= 15 is 0 Å². The van der Waals surface area contributed by atoms with Gasteiger partial charge in [-0.25, -0.2) is 0 Å². The Balaban J connectivity index is 2.30. The lowest BCUT2D eigenvalue weighted by Gasteiger charge is -2.11. The second kappa shape index (κ2) is 5.15. The number of hydrogen-bond donors (Lipinski definition) is 1. The molecule has 0 radical (unpaired) electrons. The highest BCUT2D eigenvalue weighted by atomic mass is 16.1. The van der Waals surface area contributed by atoms with Crippen LogP contribution >= 0.6 is 0 Å². The van der Waals surface area contributed by atoms with Crippen molar-refractivity contribution in [2.24, 2.45) is 0 Å². The maximum atomic E-state index is 12.2. The van der Waals surface area contributed by atoms with Gasteiger partial charge in [0, 0.05) is 24.2 Å². The number of pyridine rings is 1. The summed E-state index contributed by atoms with van der Waals surface area (Å²) in [5, 5.41) is 4.98. The number of aromatic nitrogens is 1. The van der Waals surface area contributed by atoms with E-state index in [1.807, 2.05) is 43.6 Å². The van der Waals surface area contributed by atoms with Crippen LogP contribution < -0.4 is 10.9 Å². The van der Waals surface area contributed by atoms with E-state index in [4.69, 9.17) is 0 Å². The lowest BCUT2D eigenvalue weighted by atomic mass is 10.1. The van der Waals surface area contributed by atoms with E-state index in [0.717, 1.165) is 23.7 Å². The predicted molar refractivity (Wildman–Crippen MR) is 71.3 cm³/mol. The normalized spacial score (nSPS) is 12.8. The SMILES string of the molecule is CNC(C)CCn1ccc2ccccc2c1=O. The number of nitrogens with one attached hydrogen (secondary N) is 1. The summed E-state index contributed by atoms with van der Waals surface area (Å²) in [6.07, 6.45) is 2.84. The zero-order valence-electron chi connectivity index (χ0n) is 10.3. The van der Waals surface area contributed by atoms with Crippen molar-refractivity contribution in [1.82, 2.24) is 9.88 Å². The van der Waals surface area contributed by atoms with Gasteiger partial charge in [0.2, 0.25) is 0 Å². The van der Waals surface area contributed by atoms with Gasteiger partial charge in [-0.2, -0.15) is 0 Å². The van der Waals surface area contributed by atoms with E-state index in [9.17, 15) is 4.79 Å². The molecule has 0 fully saturated rings. The van der Waals surface area contributed by atoms with Crippen LogP contribution in [0.25, 0.3) is 10.8 Å². The van der Waals surface area contributed by atoms with E-state index in [0.29, 0.717) is 6.04 Å². The first-order chi connectivity index (χ1) is 8.22. The molecule has 0 amide bonds. The Morgan fingerprint density at radius 2 is 2.06 bits per heavy atom. The molecule has 0 aliphatic heterocycles. The summed E-state index contributed by atoms with van der Waals surface area (Å²) in [4.78, 5) is 12.2. The van der Waals surface area contributed by atoms with Crippen LogP contribution in [-0.4, -0.2) is 17.7 Å². The van der Waals surface area contributed by atoms with E-state index in [1.165, 1.54) is 0 Å². The molecule has 1 aromatic heterocycles. The predicted octanol–water partition coefficient (Wildman–Crippen LogP) is 2.00. The van der Waals surface area contributed by atoms with Crippen LogP contribution in [0.15, 0.2) is 41.3 Å². The Bertz CT molecular complexity index is 559. The fraction of sp³-hybridized carbons (Fsp3) is 0.357. The molecule has 17 heavy (non-hydrogen) atoms. The topological polar surface area (TPSA) is 34.0 Å². The molecular weight excluding hydrogens is 212 g/mol. The Labute approximate surface area is 101 Å². The van der Waals surface area contributed by atoms with Crippen molar-refractivity contribution < 1.29 is 0 Å². The van der Waals surface area contributed by atoms with Crippen LogP contribution in [0.3, 0.4) is 0 Å². The second-order valence-electron chi connectivity index (χ2n) is 4.38. The third-order valence-corrected chi connectivity index (χ3v) is 3.18. The molecule has 0 aliphatic carbocycles. The summed E-state index contributed by atoms with van der Waals surface area (Å²) in [5.74, 6) is 0. The lowest BCUT2D eigenvalue weighted by molar-refractivity contribution is 0.504. The molecule has 0 spiro atoms. The Kier molecular flexibility index (Phi) is 3.59. The molecule has 1 heterocycles. The number of benzene rings is 1. The summed E-state index contributed by atoms with van der Waals surface area (Å²) in [6, 6.07) is 10.1. The van der Waals surface area contributed by atoms with Crippen LogP contribution in [0.1, 0.15) is 13.3 Å². The largest absolute Gasteiger partial charge is 0.317 e. The fourth-order valence-electron chi connectivity index (χ4n) is 1.88. The van der Waals surface area contributed by atoms with Crippen LogP contribution in [0.5, 0.6) is 0 Å². The fourth-order valence-corrected chi connectivity index (χ4v) is 1.88. The van der Waals surface area contributed by atoms with Crippen LogP contribution in [0, 0.1) is 0 Å². The van der Waals surface area contributed by atoms with E-state index in [2.05, 4.69) is 12.2 Å². The van der Waals surface area contributed by atoms with Crippen molar-refractivity contribution in [3.8, 4) is 0 Å². The van der Waals surface area contributed by atoms with E-state index < -0.39 is 0 Å². The Morgan fingerprint density at radius 3 is 2.82 bits per heavy atom. The summed E-state index contributed by atoms with van der Waals surface area (Å²) >= 11 is 0. The van der Waals surface area contributed by atoms with Gasteiger partial charge in [0.05, 0.1) is 0 Å². The van der Waals surface area contributed by atoms with Crippen molar-refractivity contribution in [3.63, 3.8) is 0 Å². The first-order valence-electron chi connectivity index (χ1n) is 5.98. The molecule has 2 rings (SSSR count). The molecule has 1 aromatic carbocycles. The number of hydrogen-bond acceptors (Lipinski definition) is 2. The van der Waals surface area contributed by atoms with Gasteiger partial charge in [0.1, 0.15) is 0 Å². The van der Waals surface area contributed by atoms with Gasteiger partial charge >= 0.3 is 0 Å². The number of aryl methyl sites for hydroxylation is 1. The maximum absolute atomic E-state index is 12.2. The average Bonchev–Trinajstić information content (AvgIpc) is 2.38.